The highest BCUT2D eigenvalue weighted by atomic mass is 16.5. The number of carbonyl (C=O) groups excluding carboxylic acids is 3. The van der Waals surface area contributed by atoms with Crippen molar-refractivity contribution in [1.82, 2.24) is 0 Å². The molecule has 1 aliphatic rings. The molecule has 4 rings (SSSR count). The monoisotopic (exact) mass is 431 g/mol. The molecule has 0 radical (unpaired) electrons. The summed E-state index contributed by atoms with van der Waals surface area (Å²) in [4.78, 5) is 38.0. The summed E-state index contributed by atoms with van der Waals surface area (Å²) in [5, 5.41) is 23.3. The Labute approximate surface area is 184 Å². The van der Waals surface area contributed by atoms with E-state index in [2.05, 4.69) is 5.32 Å². The minimum atomic E-state index is -0.556. The Bertz CT molecular complexity index is 1250. The molecule has 0 aliphatic heterocycles. The summed E-state index contributed by atoms with van der Waals surface area (Å²) in [7, 11) is 0. The van der Waals surface area contributed by atoms with Gasteiger partial charge in [-0.15, -0.1) is 0 Å². The van der Waals surface area contributed by atoms with Gasteiger partial charge in [0.2, 0.25) is 0 Å². The molecule has 0 saturated heterocycles. The zero-order valence-corrected chi connectivity index (χ0v) is 17.3. The average molecular weight is 431 g/mol. The number of fused-ring (bicyclic) bond motifs is 2. The molecule has 0 heterocycles. The Morgan fingerprint density at radius 1 is 0.875 bits per heavy atom. The Morgan fingerprint density at radius 2 is 1.53 bits per heavy atom. The van der Waals surface area contributed by atoms with Crippen LogP contribution in [0.25, 0.3) is 0 Å². The van der Waals surface area contributed by atoms with Gasteiger partial charge in [-0.2, -0.15) is 0 Å². The van der Waals surface area contributed by atoms with E-state index in [0.717, 1.165) is 12.8 Å². The Balaban J connectivity index is 1.62. The van der Waals surface area contributed by atoms with Gasteiger partial charge >= 0.3 is 5.97 Å². The number of anilines is 2. The van der Waals surface area contributed by atoms with Crippen LogP contribution in [0, 0.1) is 0 Å². The van der Waals surface area contributed by atoms with Gasteiger partial charge in [0.25, 0.3) is 0 Å². The van der Waals surface area contributed by atoms with E-state index in [-0.39, 0.29) is 33.8 Å². The number of rotatable bonds is 6. The standard InChI is InChI=1S/C25H21NO6/c1-2-3-11-32-25(31)14-5-4-6-15(12-14)26-16-7-8-17-18(13-16)24(30)22-20(28)10-9-19(27)21(22)23(17)29/h4-10,12-13,26-28H,2-3,11H2,1H3. The maximum atomic E-state index is 13.0. The lowest BCUT2D eigenvalue weighted by atomic mass is 9.83. The number of nitrogens with one attached hydrogen (secondary N) is 1. The molecule has 3 aromatic carbocycles. The summed E-state index contributed by atoms with van der Waals surface area (Å²) in [6, 6.07) is 13.7. The zero-order chi connectivity index (χ0) is 22.8. The summed E-state index contributed by atoms with van der Waals surface area (Å²) in [6.45, 7) is 2.37. The van der Waals surface area contributed by atoms with Crippen LogP contribution in [-0.2, 0) is 4.74 Å². The first kappa shape index (κ1) is 21.1. The van der Waals surface area contributed by atoms with E-state index in [9.17, 15) is 24.6 Å². The maximum Gasteiger partial charge on any atom is 0.338 e. The van der Waals surface area contributed by atoms with Gasteiger partial charge in [-0.1, -0.05) is 19.4 Å². The molecule has 1 aliphatic carbocycles. The summed E-state index contributed by atoms with van der Waals surface area (Å²) in [6.07, 6.45) is 1.72. The van der Waals surface area contributed by atoms with Crippen molar-refractivity contribution in [2.45, 2.75) is 19.8 Å². The molecule has 0 bridgehead atoms. The van der Waals surface area contributed by atoms with Gasteiger partial charge in [-0.05, 0) is 55.0 Å². The Morgan fingerprint density at radius 3 is 2.22 bits per heavy atom. The predicted octanol–water partition coefficient (Wildman–Crippen LogP) is 4.57. The molecule has 0 amide bonds. The lowest BCUT2D eigenvalue weighted by Gasteiger charge is -2.20. The fraction of sp³-hybridized carbons (Fsp3) is 0.160. The first-order valence-electron chi connectivity index (χ1n) is 10.2. The molecule has 0 unspecified atom stereocenters. The van der Waals surface area contributed by atoms with Gasteiger partial charge < -0.3 is 20.3 Å². The van der Waals surface area contributed by atoms with Crippen molar-refractivity contribution in [3.63, 3.8) is 0 Å². The van der Waals surface area contributed by atoms with Crippen molar-refractivity contribution in [2.75, 3.05) is 11.9 Å². The number of unbranched alkanes of at least 4 members (excludes halogenated alkanes) is 1. The molecule has 3 aromatic rings. The Hall–Kier alpha value is -4.13. The number of benzene rings is 3. The molecular formula is C25H21NO6. The highest BCUT2D eigenvalue weighted by Gasteiger charge is 2.34. The van der Waals surface area contributed by atoms with Gasteiger partial charge in [0, 0.05) is 22.5 Å². The van der Waals surface area contributed by atoms with Crippen LogP contribution in [0.5, 0.6) is 11.5 Å². The SMILES string of the molecule is CCCCOC(=O)c1cccc(Nc2ccc3c(c2)C(=O)c2c(O)ccc(O)c2C3=O)c1. The molecule has 7 heteroatoms. The normalized spacial score (nSPS) is 12.2. The van der Waals surface area contributed by atoms with E-state index in [1.165, 1.54) is 24.3 Å². The number of hydrogen-bond donors (Lipinski definition) is 3. The van der Waals surface area contributed by atoms with E-state index < -0.39 is 17.5 Å². The van der Waals surface area contributed by atoms with E-state index in [1.807, 2.05) is 6.92 Å². The van der Waals surface area contributed by atoms with Crippen LogP contribution in [0.4, 0.5) is 11.4 Å². The van der Waals surface area contributed by atoms with Crippen molar-refractivity contribution in [3.8, 4) is 11.5 Å². The Kier molecular flexibility index (Phi) is 5.64. The number of carbonyl (C=O) groups is 3. The second-order valence-corrected chi connectivity index (χ2v) is 7.47. The highest BCUT2D eigenvalue weighted by molar-refractivity contribution is 6.30. The summed E-state index contributed by atoms with van der Waals surface area (Å²) in [5.74, 6) is -2.23. The molecular weight excluding hydrogens is 410 g/mol. The largest absolute Gasteiger partial charge is 0.507 e. The van der Waals surface area contributed by atoms with Crippen LogP contribution in [0.3, 0.4) is 0 Å². The third-order valence-electron chi connectivity index (χ3n) is 5.24. The third kappa shape index (κ3) is 3.80. The van der Waals surface area contributed by atoms with Gasteiger partial charge in [-0.25, -0.2) is 4.79 Å². The van der Waals surface area contributed by atoms with Gasteiger partial charge in [0.05, 0.1) is 23.3 Å². The van der Waals surface area contributed by atoms with Crippen LogP contribution < -0.4 is 5.32 Å². The fourth-order valence-electron chi connectivity index (χ4n) is 3.60. The quantitative estimate of drug-likeness (QED) is 0.233. The molecule has 7 nitrogen and oxygen atoms in total. The van der Waals surface area contributed by atoms with Crippen molar-refractivity contribution >= 4 is 28.9 Å². The number of esters is 1. The van der Waals surface area contributed by atoms with Gasteiger partial charge in [0.1, 0.15) is 11.5 Å². The van der Waals surface area contributed by atoms with Crippen LogP contribution >= 0.6 is 0 Å². The third-order valence-corrected chi connectivity index (χ3v) is 5.24. The van der Waals surface area contributed by atoms with Crippen LogP contribution in [0.2, 0.25) is 0 Å². The molecule has 0 aromatic heterocycles. The second kappa shape index (κ2) is 8.55. The summed E-state index contributed by atoms with van der Waals surface area (Å²) in [5.41, 5.74) is 1.36. The molecule has 3 N–H and O–H groups in total. The summed E-state index contributed by atoms with van der Waals surface area (Å²) < 4.78 is 5.24. The van der Waals surface area contributed by atoms with E-state index in [4.69, 9.17) is 4.74 Å². The van der Waals surface area contributed by atoms with E-state index in [1.54, 1.807) is 30.3 Å². The number of ketones is 2. The average Bonchev–Trinajstić information content (AvgIpc) is 2.79. The first-order chi connectivity index (χ1) is 15.4. The van der Waals surface area contributed by atoms with Crippen molar-refractivity contribution in [1.29, 1.82) is 0 Å². The van der Waals surface area contributed by atoms with Crippen LogP contribution in [0.15, 0.2) is 54.6 Å². The summed E-state index contributed by atoms with van der Waals surface area (Å²) >= 11 is 0. The van der Waals surface area contributed by atoms with Crippen molar-refractivity contribution < 1.29 is 29.3 Å². The zero-order valence-electron chi connectivity index (χ0n) is 17.3. The van der Waals surface area contributed by atoms with Gasteiger partial charge in [-0.3, -0.25) is 9.59 Å². The molecule has 0 atom stereocenters. The highest BCUT2D eigenvalue weighted by Crippen LogP contribution is 2.38. The molecule has 0 saturated carbocycles. The van der Waals surface area contributed by atoms with Crippen molar-refractivity contribution in [3.05, 3.63) is 82.4 Å². The number of phenols is 2. The lowest BCUT2D eigenvalue weighted by Crippen LogP contribution is -2.21. The number of hydrogen-bond acceptors (Lipinski definition) is 7. The number of ether oxygens (including phenoxy) is 1. The molecule has 0 spiro atoms. The fourth-order valence-corrected chi connectivity index (χ4v) is 3.60. The van der Waals surface area contributed by atoms with E-state index >= 15 is 0 Å². The molecule has 162 valence electrons. The molecule has 0 fully saturated rings. The van der Waals surface area contributed by atoms with E-state index in [0.29, 0.717) is 23.5 Å². The lowest BCUT2D eigenvalue weighted by molar-refractivity contribution is 0.0499. The predicted molar refractivity (Wildman–Crippen MR) is 118 cm³/mol. The van der Waals surface area contributed by atoms with Crippen LogP contribution in [0.1, 0.15) is 62.0 Å². The topological polar surface area (TPSA) is 113 Å². The van der Waals surface area contributed by atoms with Crippen LogP contribution in [-0.4, -0.2) is 34.4 Å². The van der Waals surface area contributed by atoms with Gasteiger partial charge in [0.15, 0.2) is 11.6 Å². The minimum Gasteiger partial charge on any atom is -0.507 e. The minimum absolute atomic E-state index is 0.114. The number of aromatic hydroxyl groups is 2. The van der Waals surface area contributed by atoms with Crippen molar-refractivity contribution in [2.24, 2.45) is 0 Å². The number of phenolic OH excluding ortho intramolecular Hbond substituents is 2. The first-order valence-corrected chi connectivity index (χ1v) is 10.2. The maximum absolute atomic E-state index is 13.0. The second-order valence-electron chi connectivity index (χ2n) is 7.47. The smallest absolute Gasteiger partial charge is 0.338 e. The molecule has 32 heavy (non-hydrogen) atoms.